The van der Waals surface area contributed by atoms with Crippen LogP contribution in [0.1, 0.15) is 26.2 Å². The van der Waals surface area contributed by atoms with Gasteiger partial charge in [-0.15, -0.1) is 0 Å². The van der Waals surface area contributed by atoms with Gasteiger partial charge in [-0.3, -0.25) is 4.79 Å². The van der Waals surface area contributed by atoms with Gasteiger partial charge < -0.3 is 20.1 Å². The van der Waals surface area contributed by atoms with Crippen molar-refractivity contribution in [1.29, 1.82) is 0 Å². The Hall–Kier alpha value is -1.30. The van der Waals surface area contributed by atoms with Crippen molar-refractivity contribution in [2.75, 3.05) is 26.8 Å². The normalized spacial score (nSPS) is 21.4. The number of methoxy groups -OCH3 is 1. The molecule has 2 N–H and O–H groups in total. The number of piperidine rings is 1. The van der Waals surface area contributed by atoms with E-state index in [-0.39, 0.29) is 18.5 Å². The second kappa shape index (κ2) is 7.20. The van der Waals surface area contributed by atoms with Crippen molar-refractivity contribution in [3.8, 4) is 0 Å². The molecule has 0 bridgehead atoms. The number of hydrogen-bond donors (Lipinski definition) is 2. The Labute approximate surface area is 107 Å². The van der Waals surface area contributed by atoms with Gasteiger partial charge in [0.25, 0.3) is 0 Å². The van der Waals surface area contributed by atoms with Gasteiger partial charge in [-0.25, -0.2) is 4.79 Å². The van der Waals surface area contributed by atoms with E-state index in [2.05, 4.69) is 5.32 Å². The summed E-state index contributed by atoms with van der Waals surface area (Å²) in [5.74, 6) is -0.525. The highest BCUT2D eigenvalue weighted by Crippen LogP contribution is 2.16. The summed E-state index contributed by atoms with van der Waals surface area (Å²) in [6.45, 7) is 3.77. The predicted molar refractivity (Wildman–Crippen MR) is 66.4 cm³/mol. The predicted octanol–water partition coefficient (Wildman–Crippen LogP) is 0.918. The molecule has 0 aromatic carbocycles. The highest BCUT2D eigenvalue weighted by Gasteiger charge is 2.24. The molecule has 0 spiro atoms. The highest BCUT2D eigenvalue weighted by molar-refractivity contribution is 5.76. The van der Waals surface area contributed by atoms with E-state index in [0.29, 0.717) is 19.1 Å². The van der Waals surface area contributed by atoms with Crippen molar-refractivity contribution in [2.45, 2.75) is 32.2 Å². The summed E-state index contributed by atoms with van der Waals surface area (Å²) in [6, 6.07) is -0.526. The minimum Gasteiger partial charge on any atom is -0.481 e. The molecule has 1 rings (SSSR count). The molecule has 104 valence electrons. The van der Waals surface area contributed by atoms with Crippen LogP contribution in [-0.2, 0) is 9.53 Å². The topological polar surface area (TPSA) is 78.9 Å². The molecule has 0 aromatic rings. The number of carbonyl (C=O) groups is 2. The molecule has 1 saturated heterocycles. The van der Waals surface area contributed by atoms with Gasteiger partial charge in [0.15, 0.2) is 0 Å². The van der Waals surface area contributed by atoms with Gasteiger partial charge in [-0.2, -0.15) is 0 Å². The number of hydrogen-bond acceptors (Lipinski definition) is 3. The largest absolute Gasteiger partial charge is 0.481 e. The third kappa shape index (κ3) is 4.91. The lowest BCUT2D eigenvalue weighted by Gasteiger charge is -2.33. The number of ether oxygens (including phenoxy) is 1. The number of nitrogens with zero attached hydrogens (tertiary/aromatic N) is 1. The molecular weight excluding hydrogens is 236 g/mol. The van der Waals surface area contributed by atoms with E-state index in [9.17, 15) is 9.59 Å². The van der Waals surface area contributed by atoms with Crippen LogP contribution in [0.3, 0.4) is 0 Å². The summed E-state index contributed by atoms with van der Waals surface area (Å²) in [5.41, 5.74) is 0. The standard InChI is InChI=1S/C12H22N2O4/c1-9(6-11(15)16)13-12(17)14-5-3-4-10(7-14)8-18-2/h9-10H,3-8H2,1-2H3,(H,13,17)(H,15,16). The third-order valence-corrected chi connectivity index (χ3v) is 3.06. The Morgan fingerprint density at radius 3 is 2.89 bits per heavy atom. The van der Waals surface area contributed by atoms with Crippen LogP contribution in [0.25, 0.3) is 0 Å². The first-order chi connectivity index (χ1) is 8.52. The molecule has 18 heavy (non-hydrogen) atoms. The first-order valence-corrected chi connectivity index (χ1v) is 6.29. The van der Waals surface area contributed by atoms with Crippen LogP contribution >= 0.6 is 0 Å². The third-order valence-electron chi connectivity index (χ3n) is 3.06. The molecule has 1 fully saturated rings. The zero-order valence-corrected chi connectivity index (χ0v) is 11.0. The van der Waals surface area contributed by atoms with Gasteiger partial charge in [0.05, 0.1) is 13.0 Å². The summed E-state index contributed by atoms with van der Waals surface area (Å²) in [7, 11) is 1.66. The summed E-state index contributed by atoms with van der Waals surface area (Å²) in [4.78, 5) is 24.2. The number of nitrogens with one attached hydrogen (secondary N) is 1. The minimum atomic E-state index is -0.904. The van der Waals surface area contributed by atoms with E-state index in [1.54, 1.807) is 18.9 Å². The Kier molecular flexibility index (Phi) is 5.91. The molecule has 1 aliphatic rings. The molecule has 0 aliphatic carbocycles. The smallest absolute Gasteiger partial charge is 0.317 e. The maximum absolute atomic E-state index is 11.9. The van der Waals surface area contributed by atoms with Crippen LogP contribution in [-0.4, -0.2) is 54.9 Å². The van der Waals surface area contributed by atoms with E-state index in [0.717, 1.165) is 19.4 Å². The number of urea groups is 1. The van der Waals surface area contributed by atoms with E-state index in [4.69, 9.17) is 9.84 Å². The first kappa shape index (κ1) is 14.8. The van der Waals surface area contributed by atoms with Crippen LogP contribution in [0, 0.1) is 5.92 Å². The van der Waals surface area contributed by atoms with Gasteiger partial charge >= 0.3 is 12.0 Å². The average Bonchev–Trinajstić information content (AvgIpc) is 2.28. The summed E-state index contributed by atoms with van der Waals surface area (Å²) < 4.78 is 5.11. The van der Waals surface area contributed by atoms with Crippen molar-refractivity contribution in [1.82, 2.24) is 10.2 Å². The lowest BCUT2D eigenvalue weighted by atomic mass is 9.99. The number of carboxylic acids is 1. The number of likely N-dealkylation sites (tertiary alicyclic amines) is 1. The second-order valence-electron chi connectivity index (χ2n) is 4.86. The monoisotopic (exact) mass is 258 g/mol. The molecule has 6 heteroatoms. The molecule has 2 unspecified atom stereocenters. The number of carbonyl (C=O) groups excluding carboxylic acids is 1. The Bertz CT molecular complexity index is 294. The Balaban J connectivity index is 2.38. The molecule has 1 heterocycles. The summed E-state index contributed by atoms with van der Waals surface area (Å²) >= 11 is 0. The minimum absolute atomic E-state index is 0.0545. The van der Waals surface area contributed by atoms with Crippen molar-refractivity contribution in [2.24, 2.45) is 5.92 Å². The number of carboxylic acid groups (broad SMARTS) is 1. The molecule has 1 aliphatic heterocycles. The summed E-state index contributed by atoms with van der Waals surface area (Å²) in [6.07, 6.45) is 1.98. The van der Waals surface area contributed by atoms with Gasteiger partial charge in [-0.1, -0.05) is 0 Å². The van der Waals surface area contributed by atoms with Crippen LogP contribution in [0.15, 0.2) is 0 Å². The molecule has 0 saturated carbocycles. The quantitative estimate of drug-likeness (QED) is 0.768. The summed E-state index contributed by atoms with van der Waals surface area (Å²) in [5, 5.41) is 11.3. The van der Waals surface area contributed by atoms with E-state index in [1.807, 2.05) is 0 Å². The van der Waals surface area contributed by atoms with Crippen LogP contribution < -0.4 is 5.32 Å². The fourth-order valence-electron chi connectivity index (χ4n) is 2.24. The maximum Gasteiger partial charge on any atom is 0.317 e. The van der Waals surface area contributed by atoms with Gasteiger partial charge in [0, 0.05) is 32.2 Å². The van der Waals surface area contributed by atoms with E-state index < -0.39 is 5.97 Å². The van der Waals surface area contributed by atoms with Gasteiger partial charge in [0.2, 0.25) is 0 Å². The molecule has 0 aromatic heterocycles. The van der Waals surface area contributed by atoms with Crippen molar-refractivity contribution in [3.63, 3.8) is 0 Å². The fourth-order valence-corrected chi connectivity index (χ4v) is 2.24. The molecule has 2 atom stereocenters. The number of amides is 2. The van der Waals surface area contributed by atoms with Crippen LogP contribution in [0.5, 0.6) is 0 Å². The highest BCUT2D eigenvalue weighted by atomic mass is 16.5. The lowest BCUT2D eigenvalue weighted by Crippen LogP contribution is -2.49. The zero-order valence-electron chi connectivity index (χ0n) is 11.0. The maximum atomic E-state index is 11.9. The second-order valence-corrected chi connectivity index (χ2v) is 4.86. The van der Waals surface area contributed by atoms with Gasteiger partial charge in [-0.05, 0) is 19.8 Å². The van der Waals surface area contributed by atoms with E-state index in [1.165, 1.54) is 0 Å². The SMILES string of the molecule is COCC1CCCN(C(=O)NC(C)CC(=O)O)C1. The molecule has 2 amide bonds. The number of aliphatic carboxylic acids is 1. The van der Waals surface area contributed by atoms with Crippen LogP contribution in [0.4, 0.5) is 4.79 Å². The Morgan fingerprint density at radius 2 is 2.28 bits per heavy atom. The number of rotatable bonds is 5. The average molecular weight is 258 g/mol. The van der Waals surface area contributed by atoms with Crippen molar-refractivity contribution in [3.05, 3.63) is 0 Å². The van der Waals surface area contributed by atoms with Crippen molar-refractivity contribution < 1.29 is 19.4 Å². The molecule has 0 radical (unpaired) electrons. The molecule has 6 nitrogen and oxygen atoms in total. The lowest BCUT2D eigenvalue weighted by molar-refractivity contribution is -0.137. The first-order valence-electron chi connectivity index (χ1n) is 6.29. The van der Waals surface area contributed by atoms with Crippen LogP contribution in [0.2, 0.25) is 0 Å². The fraction of sp³-hybridized carbons (Fsp3) is 0.833. The van der Waals surface area contributed by atoms with E-state index >= 15 is 0 Å². The Morgan fingerprint density at radius 1 is 1.56 bits per heavy atom. The van der Waals surface area contributed by atoms with Gasteiger partial charge in [0.1, 0.15) is 0 Å². The molecular formula is C12H22N2O4. The van der Waals surface area contributed by atoms with Crippen molar-refractivity contribution >= 4 is 12.0 Å². The zero-order chi connectivity index (χ0) is 13.5.